The highest BCUT2D eigenvalue weighted by atomic mass is 32.2. The molecule has 0 aliphatic carbocycles. The summed E-state index contributed by atoms with van der Waals surface area (Å²) >= 11 is 2.07. The van der Waals surface area contributed by atoms with Crippen LogP contribution in [-0.4, -0.2) is 45.1 Å². The zero-order valence-electron chi connectivity index (χ0n) is 15.4. The molecule has 1 fully saturated rings. The normalized spacial score (nSPS) is 16.8. The number of rotatable bonds is 5. The van der Waals surface area contributed by atoms with Gasteiger partial charge in [0.05, 0.1) is 23.0 Å². The quantitative estimate of drug-likeness (QED) is 0.481. The zero-order chi connectivity index (χ0) is 20.5. The van der Waals surface area contributed by atoms with Gasteiger partial charge in [-0.2, -0.15) is 0 Å². The lowest BCUT2D eigenvalue weighted by molar-refractivity contribution is -0.148. The van der Waals surface area contributed by atoms with Crippen molar-refractivity contribution >= 4 is 57.7 Å². The maximum Gasteiger partial charge on any atom is 0.328 e. The highest BCUT2D eigenvalue weighted by molar-refractivity contribution is 8.18. The number of ether oxygens (including phenoxy) is 1. The van der Waals surface area contributed by atoms with Gasteiger partial charge in [-0.05, 0) is 54.7 Å². The van der Waals surface area contributed by atoms with E-state index < -0.39 is 23.2 Å². The van der Waals surface area contributed by atoms with E-state index >= 15 is 0 Å². The van der Waals surface area contributed by atoms with E-state index in [4.69, 9.17) is 4.42 Å². The number of H-pyrrole nitrogens is 1. The van der Waals surface area contributed by atoms with Gasteiger partial charge < -0.3 is 14.1 Å². The first kappa shape index (κ1) is 19.3. The third kappa shape index (κ3) is 3.81. The molecule has 3 aromatic rings. The summed E-state index contributed by atoms with van der Waals surface area (Å²) < 4.78 is 10.3. The van der Waals surface area contributed by atoms with Crippen molar-refractivity contribution in [1.82, 2.24) is 14.9 Å². The average Bonchev–Trinajstić information content (AvgIpc) is 3.39. The maximum atomic E-state index is 12.5. The van der Waals surface area contributed by atoms with Gasteiger partial charge in [0.15, 0.2) is 10.2 Å². The molecular weight excluding hydrogens is 414 g/mol. The Morgan fingerprint density at radius 3 is 2.86 bits per heavy atom. The number of hydrogen-bond acceptors (Lipinski definition) is 8. The summed E-state index contributed by atoms with van der Waals surface area (Å²) in [4.78, 5) is 45.1. The number of esters is 1. The fourth-order valence-electron chi connectivity index (χ4n) is 2.76. The van der Waals surface area contributed by atoms with E-state index in [1.165, 1.54) is 31.9 Å². The molecule has 29 heavy (non-hydrogen) atoms. The monoisotopic (exact) mass is 429 g/mol. The predicted molar refractivity (Wildman–Crippen MR) is 108 cm³/mol. The van der Waals surface area contributed by atoms with E-state index in [-0.39, 0.29) is 4.91 Å². The Kier molecular flexibility index (Phi) is 5.20. The number of nitrogens with one attached hydrogen (secondary N) is 1. The molecule has 1 saturated heterocycles. The first-order valence-corrected chi connectivity index (χ1v) is 10.2. The molecule has 1 aliphatic heterocycles. The lowest BCUT2D eigenvalue weighted by Crippen LogP contribution is -2.42. The molecule has 10 heteroatoms. The molecule has 8 nitrogen and oxygen atoms in total. The molecule has 0 unspecified atom stereocenters. The Labute approximate surface area is 173 Å². The summed E-state index contributed by atoms with van der Waals surface area (Å²) in [7, 11) is 1.21. The number of furan rings is 1. The van der Waals surface area contributed by atoms with E-state index in [1.54, 1.807) is 12.1 Å². The molecule has 4 rings (SSSR count). The highest BCUT2D eigenvalue weighted by Gasteiger charge is 2.41. The number of carbonyl (C=O) groups is 3. The Morgan fingerprint density at radius 2 is 2.10 bits per heavy atom. The molecule has 0 radical (unpaired) electrons. The maximum absolute atomic E-state index is 12.5. The number of benzene rings is 1. The molecule has 1 N–H and O–H groups in total. The van der Waals surface area contributed by atoms with Crippen molar-refractivity contribution in [3.8, 4) is 0 Å². The summed E-state index contributed by atoms with van der Waals surface area (Å²) in [5, 5.41) is 0.736. The minimum atomic E-state index is -0.991. The second-order valence-electron chi connectivity index (χ2n) is 6.07. The van der Waals surface area contributed by atoms with Crippen LogP contribution >= 0.6 is 23.5 Å². The predicted octanol–water partition coefficient (Wildman–Crippen LogP) is 3.90. The fraction of sp³-hybridized carbons (Fsp3) is 0.158. The Balaban J connectivity index is 1.51. The van der Waals surface area contributed by atoms with Gasteiger partial charge in [0.2, 0.25) is 0 Å². The van der Waals surface area contributed by atoms with Gasteiger partial charge in [0, 0.05) is 6.08 Å². The minimum Gasteiger partial charge on any atom is -0.467 e. The first-order chi connectivity index (χ1) is 14.0. The molecule has 1 atom stereocenters. The van der Waals surface area contributed by atoms with Gasteiger partial charge in [-0.15, -0.1) is 0 Å². The van der Waals surface area contributed by atoms with Crippen LogP contribution in [0.5, 0.6) is 0 Å². The van der Waals surface area contributed by atoms with Crippen LogP contribution in [-0.2, 0) is 14.3 Å². The van der Waals surface area contributed by atoms with Crippen LogP contribution < -0.4 is 0 Å². The molecule has 0 bridgehead atoms. The van der Waals surface area contributed by atoms with Crippen LogP contribution in [0.15, 0.2) is 56.0 Å². The van der Waals surface area contributed by atoms with E-state index in [2.05, 4.69) is 14.7 Å². The van der Waals surface area contributed by atoms with Gasteiger partial charge in [-0.3, -0.25) is 14.5 Å². The van der Waals surface area contributed by atoms with Crippen molar-refractivity contribution in [1.29, 1.82) is 0 Å². The molecule has 148 valence electrons. The molecule has 0 saturated carbocycles. The number of nitrogens with zero attached hydrogens (tertiary/aromatic N) is 2. The Hall–Kier alpha value is -2.98. The van der Waals surface area contributed by atoms with Crippen molar-refractivity contribution < 1.29 is 23.5 Å². The van der Waals surface area contributed by atoms with Crippen molar-refractivity contribution in [3.63, 3.8) is 0 Å². The van der Waals surface area contributed by atoms with E-state index in [9.17, 15) is 14.4 Å². The number of hydrogen-bond donors (Lipinski definition) is 1. The second-order valence-corrected chi connectivity index (χ2v) is 8.06. The van der Waals surface area contributed by atoms with Gasteiger partial charge in [0.25, 0.3) is 11.1 Å². The number of carbonyl (C=O) groups excluding carboxylic acids is 3. The van der Waals surface area contributed by atoms with Crippen LogP contribution in [0.2, 0.25) is 0 Å². The number of thioether (sulfide) groups is 1. The lowest BCUT2D eigenvalue weighted by Gasteiger charge is -2.18. The van der Waals surface area contributed by atoms with E-state index in [0.29, 0.717) is 16.0 Å². The number of amides is 2. The molecule has 0 spiro atoms. The average molecular weight is 429 g/mol. The number of methoxy groups -OCH3 is 1. The summed E-state index contributed by atoms with van der Waals surface area (Å²) in [5.41, 5.74) is 1.78. The number of imide groups is 1. The summed E-state index contributed by atoms with van der Waals surface area (Å²) in [6.45, 7) is 1.44. The Morgan fingerprint density at radius 1 is 1.31 bits per heavy atom. The largest absolute Gasteiger partial charge is 0.467 e. The van der Waals surface area contributed by atoms with Crippen LogP contribution in [0, 0.1) is 0 Å². The van der Waals surface area contributed by atoms with Crippen molar-refractivity contribution in [2.45, 2.75) is 23.2 Å². The number of aromatic nitrogens is 2. The van der Waals surface area contributed by atoms with Crippen LogP contribution in [0.1, 0.15) is 12.7 Å². The smallest absolute Gasteiger partial charge is 0.328 e. The SMILES string of the molecule is COC(=O)[C@H](C)N1C(=O)S/C(=C\c2ccc(Sc3nc4ccccc4[nH]3)o2)C1=O. The van der Waals surface area contributed by atoms with E-state index in [1.807, 2.05) is 24.3 Å². The minimum absolute atomic E-state index is 0.181. The van der Waals surface area contributed by atoms with Crippen molar-refractivity contribution in [2.24, 2.45) is 0 Å². The van der Waals surface area contributed by atoms with E-state index in [0.717, 1.165) is 27.7 Å². The highest BCUT2D eigenvalue weighted by Crippen LogP contribution is 2.35. The molecule has 2 amide bonds. The van der Waals surface area contributed by atoms with Crippen LogP contribution in [0.4, 0.5) is 4.79 Å². The molecular formula is C19H15N3O5S2. The second kappa shape index (κ2) is 7.80. The molecule has 1 aromatic carbocycles. The summed E-state index contributed by atoms with van der Waals surface area (Å²) in [6.07, 6.45) is 1.48. The third-order valence-corrected chi connectivity index (χ3v) is 5.88. The lowest BCUT2D eigenvalue weighted by atomic mass is 10.3. The molecule has 1 aliphatic rings. The van der Waals surface area contributed by atoms with Crippen LogP contribution in [0.25, 0.3) is 17.1 Å². The number of fused-ring (bicyclic) bond motifs is 1. The molecule has 3 heterocycles. The van der Waals surface area contributed by atoms with Gasteiger partial charge in [0.1, 0.15) is 11.8 Å². The number of imidazole rings is 1. The topological polar surface area (TPSA) is 106 Å². The van der Waals surface area contributed by atoms with Crippen LogP contribution in [0.3, 0.4) is 0 Å². The summed E-state index contributed by atoms with van der Waals surface area (Å²) in [6, 6.07) is 10.1. The number of para-hydroxylation sites is 2. The third-order valence-electron chi connectivity index (χ3n) is 4.19. The Bertz CT molecular complexity index is 1120. The van der Waals surface area contributed by atoms with Gasteiger partial charge in [-0.25, -0.2) is 9.78 Å². The zero-order valence-corrected chi connectivity index (χ0v) is 17.0. The number of aromatic amines is 1. The van der Waals surface area contributed by atoms with Crippen molar-refractivity contribution in [2.75, 3.05) is 7.11 Å². The van der Waals surface area contributed by atoms with Gasteiger partial charge >= 0.3 is 5.97 Å². The van der Waals surface area contributed by atoms with Gasteiger partial charge in [-0.1, -0.05) is 12.1 Å². The first-order valence-electron chi connectivity index (χ1n) is 8.53. The standard InChI is InChI=1S/C19H15N3O5S2/c1-10(17(24)26-2)22-16(23)14(28-19(22)25)9-11-7-8-15(27-11)29-18-20-12-5-3-4-6-13(12)21-18/h3-10H,1-2H3,(H,20,21)/b14-9-/t10-/m0/s1. The fourth-order valence-corrected chi connectivity index (χ4v) is 4.42. The molecule has 2 aromatic heterocycles. The summed E-state index contributed by atoms with van der Waals surface area (Å²) in [5.74, 6) is -0.795. The van der Waals surface area contributed by atoms with Crippen molar-refractivity contribution in [3.05, 3.63) is 47.1 Å².